The maximum Gasteiger partial charge on any atom is 0.282 e. The van der Waals surface area contributed by atoms with E-state index in [1.54, 1.807) is 0 Å². The predicted molar refractivity (Wildman–Crippen MR) is 100 cm³/mol. The van der Waals surface area contributed by atoms with Crippen LogP contribution < -0.4 is 15.6 Å². The Morgan fingerprint density at radius 1 is 1.11 bits per heavy atom. The Labute approximate surface area is 157 Å². The number of hydrogen-bond acceptors (Lipinski definition) is 5. The molecule has 2 N–H and O–H groups in total. The average molecular weight is 367 g/mol. The summed E-state index contributed by atoms with van der Waals surface area (Å²) in [5.41, 5.74) is 8.35. The van der Waals surface area contributed by atoms with E-state index in [2.05, 4.69) is 16.0 Å². The first-order valence-corrected chi connectivity index (χ1v) is 8.59. The molecule has 0 aromatic heterocycles. The smallest absolute Gasteiger partial charge is 0.282 e. The first-order chi connectivity index (χ1) is 13.0. The minimum absolute atomic E-state index is 0.208. The molecular formula is C20H21N3O4. The minimum atomic E-state index is -0.777. The number of ether oxygens (including phenoxy) is 1. The van der Waals surface area contributed by atoms with Gasteiger partial charge in [-0.3, -0.25) is 20.4 Å². The number of carbonyl (C=O) groups is 2. The summed E-state index contributed by atoms with van der Waals surface area (Å²) in [5, 5.41) is 3.95. The second kappa shape index (κ2) is 8.35. The van der Waals surface area contributed by atoms with Crippen molar-refractivity contribution >= 4 is 17.5 Å². The van der Waals surface area contributed by atoms with Crippen molar-refractivity contribution in [2.24, 2.45) is 5.16 Å². The SMILES string of the molecule is Cc1cc(C)cc(OCC(=O)NNC(=O)C2CC(c3ccccc3)=NO2)c1. The number of nitrogens with one attached hydrogen (secondary N) is 2. The number of nitrogens with zero attached hydrogens (tertiary/aromatic N) is 1. The van der Waals surface area contributed by atoms with Crippen molar-refractivity contribution in [2.45, 2.75) is 26.4 Å². The van der Waals surface area contributed by atoms with Crippen LogP contribution in [-0.4, -0.2) is 30.2 Å². The van der Waals surface area contributed by atoms with Crippen LogP contribution >= 0.6 is 0 Å². The zero-order valence-corrected chi connectivity index (χ0v) is 15.2. The highest BCUT2D eigenvalue weighted by Crippen LogP contribution is 2.17. The molecule has 0 saturated heterocycles. The molecule has 0 fully saturated rings. The molecule has 1 heterocycles. The van der Waals surface area contributed by atoms with Gasteiger partial charge in [0.05, 0.1) is 5.71 Å². The zero-order chi connectivity index (χ0) is 19.2. The fraction of sp³-hybridized carbons (Fsp3) is 0.250. The highest BCUT2D eigenvalue weighted by molar-refractivity contribution is 6.04. The predicted octanol–water partition coefficient (Wildman–Crippen LogP) is 2.02. The third kappa shape index (κ3) is 5.07. The highest BCUT2D eigenvalue weighted by atomic mass is 16.6. The monoisotopic (exact) mass is 367 g/mol. The van der Waals surface area contributed by atoms with Crippen LogP contribution in [-0.2, 0) is 14.4 Å². The van der Waals surface area contributed by atoms with Crippen LogP contribution in [0, 0.1) is 13.8 Å². The van der Waals surface area contributed by atoms with Crippen molar-refractivity contribution in [3.05, 3.63) is 65.2 Å². The fourth-order valence-electron chi connectivity index (χ4n) is 2.73. The molecule has 0 spiro atoms. The molecule has 0 bridgehead atoms. The molecule has 1 unspecified atom stereocenters. The molecule has 2 amide bonds. The topological polar surface area (TPSA) is 89.0 Å². The van der Waals surface area contributed by atoms with Crippen LogP contribution in [0.5, 0.6) is 5.75 Å². The lowest BCUT2D eigenvalue weighted by atomic mass is 10.1. The van der Waals surface area contributed by atoms with Gasteiger partial charge in [0.15, 0.2) is 6.61 Å². The maximum absolute atomic E-state index is 12.1. The summed E-state index contributed by atoms with van der Waals surface area (Å²) < 4.78 is 5.44. The molecule has 1 aliphatic rings. The van der Waals surface area contributed by atoms with E-state index in [1.807, 2.05) is 62.4 Å². The van der Waals surface area contributed by atoms with E-state index in [-0.39, 0.29) is 6.61 Å². The third-order valence-electron chi connectivity index (χ3n) is 3.96. The standard InChI is InChI=1S/C20H21N3O4/c1-13-8-14(2)10-16(9-13)26-12-19(24)21-22-20(25)18-11-17(23-27-18)15-6-4-3-5-7-15/h3-10,18H,11-12H2,1-2H3,(H,21,24)(H,22,25). The summed E-state index contributed by atoms with van der Waals surface area (Å²) >= 11 is 0. The van der Waals surface area contributed by atoms with Gasteiger partial charge in [-0.05, 0) is 42.7 Å². The number of rotatable bonds is 5. The van der Waals surface area contributed by atoms with Crippen molar-refractivity contribution in [1.82, 2.24) is 10.9 Å². The maximum atomic E-state index is 12.1. The lowest BCUT2D eigenvalue weighted by molar-refractivity contribution is -0.136. The Bertz CT molecular complexity index is 845. The summed E-state index contributed by atoms with van der Waals surface area (Å²) in [7, 11) is 0. The van der Waals surface area contributed by atoms with Crippen molar-refractivity contribution in [1.29, 1.82) is 0 Å². The van der Waals surface area contributed by atoms with Crippen LogP contribution in [0.15, 0.2) is 53.7 Å². The normalized spacial score (nSPS) is 15.5. The minimum Gasteiger partial charge on any atom is -0.484 e. The molecule has 3 rings (SSSR count). The lowest BCUT2D eigenvalue weighted by Gasteiger charge is -2.12. The number of aryl methyl sites for hydroxylation is 2. The van der Waals surface area contributed by atoms with Crippen molar-refractivity contribution < 1.29 is 19.2 Å². The summed E-state index contributed by atoms with van der Waals surface area (Å²) in [6.45, 7) is 3.70. The van der Waals surface area contributed by atoms with Gasteiger partial charge in [-0.2, -0.15) is 0 Å². The van der Waals surface area contributed by atoms with Gasteiger partial charge in [0.25, 0.3) is 11.8 Å². The van der Waals surface area contributed by atoms with E-state index in [1.165, 1.54) is 0 Å². The Morgan fingerprint density at radius 2 is 1.81 bits per heavy atom. The number of amides is 2. The number of hydrazine groups is 1. The van der Waals surface area contributed by atoms with E-state index in [0.717, 1.165) is 16.7 Å². The molecule has 0 saturated carbocycles. The largest absolute Gasteiger partial charge is 0.484 e. The number of oxime groups is 1. The molecule has 0 radical (unpaired) electrons. The molecule has 140 valence electrons. The Morgan fingerprint density at radius 3 is 2.52 bits per heavy atom. The summed E-state index contributed by atoms with van der Waals surface area (Å²) in [5.74, 6) is -0.330. The molecule has 2 aromatic rings. The van der Waals surface area contributed by atoms with Gasteiger partial charge in [-0.1, -0.05) is 41.6 Å². The first-order valence-electron chi connectivity index (χ1n) is 8.59. The molecule has 7 heteroatoms. The van der Waals surface area contributed by atoms with Crippen LogP contribution in [0.4, 0.5) is 0 Å². The third-order valence-corrected chi connectivity index (χ3v) is 3.96. The highest BCUT2D eigenvalue weighted by Gasteiger charge is 2.29. The second-order valence-corrected chi connectivity index (χ2v) is 6.35. The van der Waals surface area contributed by atoms with Gasteiger partial charge < -0.3 is 9.57 Å². The Kier molecular flexibility index (Phi) is 5.71. The van der Waals surface area contributed by atoms with E-state index in [4.69, 9.17) is 9.57 Å². The van der Waals surface area contributed by atoms with Crippen LogP contribution in [0.2, 0.25) is 0 Å². The van der Waals surface area contributed by atoms with Crippen LogP contribution in [0.25, 0.3) is 0 Å². The molecule has 1 atom stereocenters. The first kappa shape index (κ1) is 18.4. The summed E-state index contributed by atoms with van der Waals surface area (Å²) in [4.78, 5) is 29.2. The lowest BCUT2D eigenvalue weighted by Crippen LogP contribution is -2.48. The van der Waals surface area contributed by atoms with E-state index in [9.17, 15) is 9.59 Å². The number of carbonyl (C=O) groups excluding carboxylic acids is 2. The van der Waals surface area contributed by atoms with Gasteiger partial charge in [0.1, 0.15) is 5.75 Å². The van der Waals surface area contributed by atoms with E-state index in [0.29, 0.717) is 17.9 Å². The van der Waals surface area contributed by atoms with E-state index >= 15 is 0 Å². The number of benzene rings is 2. The Hall–Kier alpha value is -3.35. The van der Waals surface area contributed by atoms with Gasteiger partial charge in [-0.15, -0.1) is 0 Å². The molecule has 1 aliphatic heterocycles. The fourth-order valence-corrected chi connectivity index (χ4v) is 2.73. The second-order valence-electron chi connectivity index (χ2n) is 6.35. The van der Waals surface area contributed by atoms with Crippen LogP contribution in [0.3, 0.4) is 0 Å². The van der Waals surface area contributed by atoms with Gasteiger partial charge in [0.2, 0.25) is 6.10 Å². The average Bonchev–Trinajstić information content (AvgIpc) is 3.15. The van der Waals surface area contributed by atoms with Crippen molar-refractivity contribution in [2.75, 3.05) is 6.61 Å². The van der Waals surface area contributed by atoms with Crippen molar-refractivity contribution in [3.63, 3.8) is 0 Å². The molecule has 0 aliphatic carbocycles. The van der Waals surface area contributed by atoms with Crippen molar-refractivity contribution in [3.8, 4) is 5.75 Å². The summed E-state index contributed by atoms with van der Waals surface area (Å²) in [6, 6.07) is 15.2. The van der Waals surface area contributed by atoms with E-state index < -0.39 is 17.9 Å². The summed E-state index contributed by atoms with van der Waals surface area (Å²) in [6.07, 6.45) is -0.439. The van der Waals surface area contributed by atoms with Gasteiger partial charge >= 0.3 is 0 Å². The van der Waals surface area contributed by atoms with Gasteiger partial charge in [0, 0.05) is 6.42 Å². The Balaban J connectivity index is 1.42. The molecule has 27 heavy (non-hydrogen) atoms. The molecule has 7 nitrogen and oxygen atoms in total. The molecule has 2 aromatic carbocycles. The molecular weight excluding hydrogens is 346 g/mol. The van der Waals surface area contributed by atoms with Crippen LogP contribution in [0.1, 0.15) is 23.1 Å². The van der Waals surface area contributed by atoms with Gasteiger partial charge in [-0.25, -0.2) is 0 Å². The quantitative estimate of drug-likeness (QED) is 0.792. The zero-order valence-electron chi connectivity index (χ0n) is 15.2. The number of hydrogen-bond donors (Lipinski definition) is 2.